The molecule has 0 aliphatic rings. The van der Waals surface area contributed by atoms with Crippen LogP contribution in [0.2, 0.25) is 0 Å². The number of halogens is 1. The summed E-state index contributed by atoms with van der Waals surface area (Å²) in [5, 5.41) is 35.6. The van der Waals surface area contributed by atoms with Gasteiger partial charge in [-0.1, -0.05) is 6.07 Å². The number of aliphatic hydroxyl groups excluding tert-OH is 3. The van der Waals surface area contributed by atoms with Crippen molar-refractivity contribution in [2.24, 2.45) is 0 Å². The van der Waals surface area contributed by atoms with E-state index in [-0.39, 0.29) is 11.1 Å². The second-order valence-electron chi connectivity index (χ2n) is 3.04. The van der Waals surface area contributed by atoms with Crippen LogP contribution < -0.4 is 0 Å². The molecular weight excluding hydrogens is 201 g/mol. The van der Waals surface area contributed by atoms with Crippen molar-refractivity contribution in [3.05, 3.63) is 35.1 Å². The lowest BCUT2D eigenvalue weighted by Gasteiger charge is -2.16. The molecule has 0 aliphatic heterocycles. The third-order valence-corrected chi connectivity index (χ3v) is 2.00. The van der Waals surface area contributed by atoms with Crippen LogP contribution in [0.4, 0.5) is 4.39 Å². The Morgan fingerprint density at radius 2 is 2.07 bits per heavy atom. The summed E-state index contributed by atoms with van der Waals surface area (Å²) in [6.45, 7) is -0.666. The number of rotatable bonds is 3. The van der Waals surface area contributed by atoms with Crippen molar-refractivity contribution >= 4 is 0 Å². The van der Waals surface area contributed by atoms with Crippen LogP contribution in [0.15, 0.2) is 18.2 Å². The minimum Gasteiger partial charge on any atom is -0.394 e. The molecule has 4 nitrogen and oxygen atoms in total. The molecule has 0 aromatic heterocycles. The molecule has 0 saturated carbocycles. The molecule has 0 aliphatic carbocycles. The minimum atomic E-state index is -1.50. The van der Waals surface area contributed by atoms with Gasteiger partial charge in [0, 0.05) is 5.56 Å². The molecule has 0 amide bonds. The van der Waals surface area contributed by atoms with Crippen LogP contribution in [-0.4, -0.2) is 28.0 Å². The van der Waals surface area contributed by atoms with E-state index in [1.165, 1.54) is 12.1 Å². The van der Waals surface area contributed by atoms with Gasteiger partial charge in [0.05, 0.1) is 18.2 Å². The Kier molecular flexibility index (Phi) is 3.74. The number of aliphatic hydroxyl groups is 3. The zero-order valence-corrected chi connectivity index (χ0v) is 7.76. The average molecular weight is 211 g/mol. The molecule has 0 spiro atoms. The average Bonchev–Trinajstić information content (AvgIpc) is 2.26. The Morgan fingerprint density at radius 3 is 2.53 bits per heavy atom. The van der Waals surface area contributed by atoms with E-state index in [9.17, 15) is 9.50 Å². The van der Waals surface area contributed by atoms with Gasteiger partial charge in [-0.2, -0.15) is 5.26 Å². The molecule has 0 radical (unpaired) electrons. The summed E-state index contributed by atoms with van der Waals surface area (Å²) in [5.74, 6) is -0.783. The van der Waals surface area contributed by atoms with Crippen LogP contribution in [0, 0.1) is 17.1 Å². The van der Waals surface area contributed by atoms with Crippen molar-refractivity contribution in [3.63, 3.8) is 0 Å². The van der Waals surface area contributed by atoms with Crippen LogP contribution in [0.3, 0.4) is 0 Å². The van der Waals surface area contributed by atoms with Crippen LogP contribution in [0.1, 0.15) is 17.2 Å². The van der Waals surface area contributed by atoms with Crippen molar-refractivity contribution in [1.29, 1.82) is 5.26 Å². The molecule has 15 heavy (non-hydrogen) atoms. The molecule has 2 atom stereocenters. The predicted octanol–water partition coefficient (Wildman–Crippen LogP) is 0.0840. The maximum absolute atomic E-state index is 13.3. The van der Waals surface area contributed by atoms with Gasteiger partial charge in [0.2, 0.25) is 0 Å². The van der Waals surface area contributed by atoms with Crippen molar-refractivity contribution in [3.8, 4) is 6.07 Å². The summed E-state index contributed by atoms with van der Waals surface area (Å²) in [6.07, 6.45) is -2.94. The SMILES string of the molecule is N#Cc1ccc(C(O)C(O)CO)c(F)c1. The van der Waals surface area contributed by atoms with E-state index in [1.807, 2.05) is 0 Å². The van der Waals surface area contributed by atoms with E-state index < -0.39 is 24.6 Å². The highest BCUT2D eigenvalue weighted by Crippen LogP contribution is 2.20. The number of hydrogen-bond acceptors (Lipinski definition) is 4. The Bertz CT molecular complexity index is 389. The largest absolute Gasteiger partial charge is 0.394 e. The lowest BCUT2D eigenvalue weighted by molar-refractivity contribution is -0.0168. The van der Waals surface area contributed by atoms with Gasteiger partial charge in [-0.15, -0.1) is 0 Å². The molecule has 3 N–H and O–H groups in total. The fourth-order valence-electron chi connectivity index (χ4n) is 1.14. The molecule has 0 saturated heterocycles. The number of benzene rings is 1. The van der Waals surface area contributed by atoms with Crippen molar-refractivity contribution in [2.75, 3.05) is 6.61 Å². The van der Waals surface area contributed by atoms with Crippen molar-refractivity contribution in [2.45, 2.75) is 12.2 Å². The van der Waals surface area contributed by atoms with Crippen LogP contribution in [0.25, 0.3) is 0 Å². The van der Waals surface area contributed by atoms with Crippen LogP contribution >= 0.6 is 0 Å². The molecule has 1 rings (SSSR count). The Morgan fingerprint density at radius 1 is 1.40 bits per heavy atom. The summed E-state index contributed by atoms with van der Waals surface area (Å²) >= 11 is 0. The summed E-state index contributed by atoms with van der Waals surface area (Å²) in [7, 11) is 0. The quantitative estimate of drug-likeness (QED) is 0.661. The monoisotopic (exact) mass is 211 g/mol. The van der Waals surface area contributed by atoms with E-state index in [0.29, 0.717) is 0 Å². The van der Waals surface area contributed by atoms with Crippen molar-refractivity contribution < 1.29 is 19.7 Å². The Hall–Kier alpha value is -1.48. The van der Waals surface area contributed by atoms with E-state index in [4.69, 9.17) is 15.5 Å². The van der Waals surface area contributed by atoms with Crippen LogP contribution in [-0.2, 0) is 0 Å². The first-order valence-corrected chi connectivity index (χ1v) is 4.26. The maximum atomic E-state index is 13.3. The number of hydrogen-bond donors (Lipinski definition) is 3. The van der Waals surface area contributed by atoms with Crippen LogP contribution in [0.5, 0.6) is 0 Å². The number of nitrogens with zero attached hydrogens (tertiary/aromatic N) is 1. The lowest BCUT2D eigenvalue weighted by Crippen LogP contribution is -2.22. The van der Waals surface area contributed by atoms with Gasteiger partial charge in [-0.3, -0.25) is 0 Å². The molecule has 80 valence electrons. The van der Waals surface area contributed by atoms with Gasteiger partial charge in [0.25, 0.3) is 0 Å². The molecule has 1 aromatic rings. The first-order valence-electron chi connectivity index (χ1n) is 4.26. The zero-order valence-electron chi connectivity index (χ0n) is 7.76. The maximum Gasteiger partial charge on any atom is 0.130 e. The van der Waals surface area contributed by atoms with Gasteiger partial charge >= 0.3 is 0 Å². The smallest absolute Gasteiger partial charge is 0.130 e. The standard InChI is InChI=1S/C10H10FNO3/c11-8-3-6(4-12)1-2-7(8)10(15)9(14)5-13/h1-3,9-10,13-15H,5H2. The third kappa shape index (κ3) is 2.50. The first-order chi connectivity index (χ1) is 7.10. The summed E-state index contributed by atoms with van der Waals surface area (Å²) in [5.41, 5.74) is -0.0162. The first kappa shape index (κ1) is 11.6. The molecular formula is C10H10FNO3. The van der Waals surface area contributed by atoms with Gasteiger partial charge in [-0.25, -0.2) is 4.39 Å². The van der Waals surface area contributed by atoms with E-state index >= 15 is 0 Å². The predicted molar refractivity (Wildman–Crippen MR) is 49.2 cm³/mol. The van der Waals surface area contributed by atoms with E-state index in [2.05, 4.69) is 0 Å². The highest BCUT2D eigenvalue weighted by atomic mass is 19.1. The highest BCUT2D eigenvalue weighted by molar-refractivity contribution is 5.34. The topological polar surface area (TPSA) is 84.5 Å². The second-order valence-corrected chi connectivity index (χ2v) is 3.04. The molecule has 0 fully saturated rings. The summed E-state index contributed by atoms with van der Waals surface area (Å²) < 4.78 is 13.3. The van der Waals surface area contributed by atoms with Gasteiger partial charge in [-0.05, 0) is 12.1 Å². The molecule has 2 unspecified atom stereocenters. The second kappa shape index (κ2) is 4.84. The van der Waals surface area contributed by atoms with Gasteiger partial charge in [0.15, 0.2) is 0 Å². The van der Waals surface area contributed by atoms with E-state index in [0.717, 1.165) is 6.07 Å². The highest BCUT2D eigenvalue weighted by Gasteiger charge is 2.20. The van der Waals surface area contributed by atoms with Crippen molar-refractivity contribution in [1.82, 2.24) is 0 Å². The Labute approximate surface area is 85.8 Å². The summed E-state index contributed by atoms with van der Waals surface area (Å²) in [6, 6.07) is 5.24. The van der Waals surface area contributed by atoms with Gasteiger partial charge < -0.3 is 15.3 Å². The molecule has 0 bridgehead atoms. The van der Waals surface area contributed by atoms with Gasteiger partial charge in [0.1, 0.15) is 18.0 Å². The molecule has 5 heteroatoms. The fraction of sp³-hybridized carbons (Fsp3) is 0.300. The molecule has 0 heterocycles. The lowest BCUT2D eigenvalue weighted by atomic mass is 10.0. The zero-order chi connectivity index (χ0) is 11.4. The normalized spacial score (nSPS) is 14.3. The van der Waals surface area contributed by atoms with E-state index in [1.54, 1.807) is 6.07 Å². The number of nitriles is 1. The minimum absolute atomic E-state index is 0.127. The molecule has 1 aromatic carbocycles. The third-order valence-electron chi connectivity index (χ3n) is 2.00. The summed E-state index contributed by atoms with van der Waals surface area (Å²) in [4.78, 5) is 0. The fourth-order valence-corrected chi connectivity index (χ4v) is 1.14. The Balaban J connectivity index is 3.01.